The average Bonchev–Trinajstić information content (AvgIpc) is 1.85. The van der Waals surface area contributed by atoms with Gasteiger partial charge in [0.15, 0.2) is 0 Å². The first-order valence-electron chi connectivity index (χ1n) is 3.01. The minimum atomic E-state index is 0. The Morgan fingerprint density at radius 3 is 1.67 bits per heavy atom. The van der Waals surface area contributed by atoms with Gasteiger partial charge in [-0.25, -0.2) is 0 Å². The number of nitrogens with zero attached hydrogens (tertiary/aromatic N) is 4. The van der Waals surface area contributed by atoms with Crippen molar-refractivity contribution in [1.29, 1.82) is 0 Å². The molecule has 4 nitrogen and oxygen atoms in total. The first kappa shape index (κ1) is 15.5. The van der Waals surface area contributed by atoms with Crippen LogP contribution in [-0.2, 0) is 65.4 Å². The molecule has 0 N–H and O–H groups in total. The van der Waals surface area contributed by atoms with E-state index in [1.165, 1.54) is 0 Å². The topological polar surface area (TPSA) is 52.8 Å². The standard InChI is InChI=1S/C6H9N4.2Y/c1-4-8-5(2)10-6(7-3)9-4;;/h1-3H3;;/q-1;;. The second-order valence-electron chi connectivity index (χ2n) is 1.95. The Labute approximate surface area is 123 Å². The summed E-state index contributed by atoms with van der Waals surface area (Å²) < 4.78 is 0. The molecule has 1 rings (SSSR count). The van der Waals surface area contributed by atoms with Crippen molar-refractivity contribution >= 4 is 5.95 Å². The molecule has 0 amide bonds. The van der Waals surface area contributed by atoms with E-state index >= 15 is 0 Å². The zero-order valence-electron chi connectivity index (χ0n) is 7.44. The van der Waals surface area contributed by atoms with Crippen LogP contribution in [0.3, 0.4) is 0 Å². The van der Waals surface area contributed by atoms with Crippen LogP contribution in [0, 0.1) is 13.8 Å². The molecule has 0 fully saturated rings. The van der Waals surface area contributed by atoms with Crippen molar-refractivity contribution in [1.82, 2.24) is 15.0 Å². The maximum absolute atomic E-state index is 4.00. The van der Waals surface area contributed by atoms with Crippen molar-refractivity contribution in [2.75, 3.05) is 7.05 Å². The Morgan fingerprint density at radius 2 is 1.33 bits per heavy atom. The third-order valence-electron chi connectivity index (χ3n) is 1.05. The van der Waals surface area contributed by atoms with Crippen LogP contribution in [0.2, 0.25) is 0 Å². The molecule has 60 valence electrons. The molecular formula is C6H9N4Y2-. The molecule has 1 heterocycles. The van der Waals surface area contributed by atoms with Crippen molar-refractivity contribution in [3.63, 3.8) is 0 Å². The Bertz CT molecular complexity index is 221. The van der Waals surface area contributed by atoms with E-state index in [9.17, 15) is 0 Å². The van der Waals surface area contributed by atoms with Gasteiger partial charge in [-0.2, -0.15) is 0 Å². The Hall–Kier alpha value is 1.02. The Kier molecular flexibility index (Phi) is 9.58. The third-order valence-corrected chi connectivity index (χ3v) is 1.05. The molecule has 0 saturated heterocycles. The summed E-state index contributed by atoms with van der Waals surface area (Å²) in [6.45, 7) is 3.65. The van der Waals surface area contributed by atoms with Gasteiger partial charge in [0, 0.05) is 71.4 Å². The van der Waals surface area contributed by atoms with Crippen molar-refractivity contribution in [2.24, 2.45) is 0 Å². The van der Waals surface area contributed by atoms with Crippen molar-refractivity contribution in [3.8, 4) is 0 Å². The molecule has 0 aromatic carbocycles. The Balaban J connectivity index is 0. The second kappa shape index (κ2) is 7.42. The summed E-state index contributed by atoms with van der Waals surface area (Å²) in [6.07, 6.45) is 0. The quantitative estimate of drug-likeness (QED) is 0.780. The monoisotopic (exact) mass is 315 g/mol. The molecule has 0 unspecified atom stereocenters. The van der Waals surface area contributed by atoms with Crippen LogP contribution in [0.4, 0.5) is 5.95 Å². The molecular weight excluding hydrogens is 306 g/mol. The molecule has 0 atom stereocenters. The van der Waals surface area contributed by atoms with E-state index in [2.05, 4.69) is 20.3 Å². The van der Waals surface area contributed by atoms with Crippen LogP contribution in [0.15, 0.2) is 0 Å². The predicted octanol–water partition coefficient (Wildman–Crippen LogP) is 1.12. The van der Waals surface area contributed by atoms with E-state index in [4.69, 9.17) is 0 Å². The van der Waals surface area contributed by atoms with Gasteiger partial charge in [-0.15, -0.1) is 0 Å². The van der Waals surface area contributed by atoms with Crippen LogP contribution < -0.4 is 0 Å². The summed E-state index contributed by atoms with van der Waals surface area (Å²) in [7, 11) is 1.66. The van der Waals surface area contributed by atoms with Gasteiger partial charge < -0.3 is 15.3 Å². The number of hydrogen-bond donors (Lipinski definition) is 0. The minimum absolute atomic E-state index is 0. The zero-order valence-corrected chi connectivity index (χ0v) is 13.1. The number of aromatic nitrogens is 3. The average molecular weight is 315 g/mol. The van der Waals surface area contributed by atoms with Crippen molar-refractivity contribution in [2.45, 2.75) is 13.8 Å². The summed E-state index contributed by atoms with van der Waals surface area (Å²) in [5.74, 6) is 1.94. The van der Waals surface area contributed by atoms with Crippen LogP contribution in [0.5, 0.6) is 0 Å². The van der Waals surface area contributed by atoms with E-state index in [0.29, 0.717) is 17.6 Å². The van der Waals surface area contributed by atoms with E-state index in [1.807, 2.05) is 13.8 Å². The van der Waals surface area contributed by atoms with E-state index in [1.54, 1.807) is 7.05 Å². The largest absolute Gasteiger partial charge is 0.397 e. The first-order chi connectivity index (χ1) is 4.72. The summed E-state index contributed by atoms with van der Waals surface area (Å²) in [5.41, 5.74) is 0. The van der Waals surface area contributed by atoms with Crippen LogP contribution in [0.25, 0.3) is 5.32 Å². The van der Waals surface area contributed by atoms with Gasteiger partial charge in [0.1, 0.15) is 0 Å². The molecule has 12 heavy (non-hydrogen) atoms. The summed E-state index contributed by atoms with van der Waals surface area (Å²) in [5, 5.41) is 3.83. The molecule has 0 aliphatic heterocycles. The molecule has 0 aliphatic rings. The normalized spacial score (nSPS) is 7.92. The van der Waals surface area contributed by atoms with Gasteiger partial charge in [-0.3, -0.25) is 4.98 Å². The Morgan fingerprint density at radius 1 is 0.917 bits per heavy atom. The fourth-order valence-corrected chi connectivity index (χ4v) is 0.699. The molecule has 0 saturated carbocycles. The number of rotatable bonds is 1. The van der Waals surface area contributed by atoms with Crippen molar-refractivity contribution in [3.05, 3.63) is 17.0 Å². The number of hydrogen-bond acceptors (Lipinski definition) is 3. The van der Waals surface area contributed by atoms with Gasteiger partial charge in [0.25, 0.3) is 0 Å². The second-order valence-corrected chi connectivity index (χ2v) is 1.95. The molecule has 0 spiro atoms. The van der Waals surface area contributed by atoms with Gasteiger partial charge in [-0.1, -0.05) is 0 Å². The van der Waals surface area contributed by atoms with Crippen LogP contribution >= 0.6 is 0 Å². The van der Waals surface area contributed by atoms with E-state index in [-0.39, 0.29) is 65.4 Å². The van der Waals surface area contributed by atoms with Gasteiger partial charge in [0.2, 0.25) is 0 Å². The zero-order chi connectivity index (χ0) is 7.56. The van der Waals surface area contributed by atoms with Gasteiger partial charge in [-0.05, 0) is 20.9 Å². The molecule has 2 radical (unpaired) electrons. The predicted molar refractivity (Wildman–Crippen MR) is 38.2 cm³/mol. The van der Waals surface area contributed by atoms with Crippen LogP contribution in [-0.4, -0.2) is 22.0 Å². The molecule has 1 aromatic rings. The fourth-order valence-electron chi connectivity index (χ4n) is 0.699. The van der Waals surface area contributed by atoms with Crippen LogP contribution in [0.1, 0.15) is 11.6 Å². The van der Waals surface area contributed by atoms with E-state index < -0.39 is 0 Å². The SMILES string of the molecule is C[N-]c1nc(C)nc(C)n1.[Y].[Y]. The number of aryl methyl sites for hydroxylation is 2. The van der Waals surface area contributed by atoms with Gasteiger partial charge >= 0.3 is 0 Å². The molecule has 0 aliphatic carbocycles. The smallest absolute Gasteiger partial charge is 0.0578 e. The fraction of sp³-hybridized carbons (Fsp3) is 0.500. The minimum Gasteiger partial charge on any atom is -0.397 e. The first-order valence-corrected chi connectivity index (χ1v) is 3.01. The maximum atomic E-state index is 4.00. The molecule has 6 heteroatoms. The maximum Gasteiger partial charge on any atom is 0.0578 e. The summed E-state index contributed by atoms with van der Waals surface area (Å²) >= 11 is 0. The summed E-state index contributed by atoms with van der Waals surface area (Å²) in [4.78, 5) is 11.9. The third kappa shape index (κ3) is 4.90. The van der Waals surface area contributed by atoms with E-state index in [0.717, 1.165) is 0 Å². The van der Waals surface area contributed by atoms with Gasteiger partial charge in [0.05, 0.1) is 11.6 Å². The van der Waals surface area contributed by atoms with Crippen molar-refractivity contribution < 1.29 is 65.4 Å². The summed E-state index contributed by atoms with van der Waals surface area (Å²) in [6, 6.07) is 0. The molecule has 0 bridgehead atoms. The molecule has 1 aromatic heterocycles.